The summed E-state index contributed by atoms with van der Waals surface area (Å²) in [5.41, 5.74) is 11.1. The third kappa shape index (κ3) is 9.87. The first-order valence-corrected chi connectivity index (χ1v) is 7.35. The fourth-order valence-electron chi connectivity index (χ4n) is 1.77. The van der Waals surface area contributed by atoms with Crippen LogP contribution in [0.2, 0.25) is 0 Å². The van der Waals surface area contributed by atoms with Gasteiger partial charge in [-0.3, -0.25) is 9.59 Å². The van der Waals surface area contributed by atoms with E-state index in [1.807, 2.05) is 0 Å². The first kappa shape index (κ1) is 18.4. The molecule has 0 radical (unpaired) electrons. The molecule has 1 unspecified atom stereocenters. The molecule has 0 aliphatic carbocycles. The molecule has 0 rings (SSSR count). The Bertz CT molecular complexity index is 275. The predicted octanol–water partition coefficient (Wildman–Crippen LogP) is 1.65. The van der Waals surface area contributed by atoms with Gasteiger partial charge in [0, 0.05) is 12.3 Å². The van der Waals surface area contributed by atoms with Gasteiger partial charge < -0.3 is 16.6 Å². The number of aliphatic carboxylic acids is 1. The van der Waals surface area contributed by atoms with Crippen molar-refractivity contribution in [2.75, 3.05) is 5.88 Å². The summed E-state index contributed by atoms with van der Waals surface area (Å²) < 4.78 is 0. The zero-order chi connectivity index (χ0) is 14.7. The van der Waals surface area contributed by atoms with Crippen LogP contribution in [0.5, 0.6) is 0 Å². The number of carboxylic acids is 1. The Morgan fingerprint density at radius 1 is 0.947 bits per heavy atom. The number of nitrogens with two attached hydrogens (primary N) is 2. The predicted molar refractivity (Wildman–Crippen MR) is 76.2 cm³/mol. The van der Waals surface area contributed by atoms with E-state index < -0.39 is 18.1 Å². The van der Waals surface area contributed by atoms with Gasteiger partial charge in [0.15, 0.2) is 0 Å². The monoisotopic (exact) mass is 292 g/mol. The Labute approximate surface area is 119 Å². The molecule has 0 aromatic carbocycles. The topological polar surface area (TPSA) is 106 Å². The molecule has 19 heavy (non-hydrogen) atoms. The van der Waals surface area contributed by atoms with E-state index in [1.165, 1.54) is 0 Å². The summed E-state index contributed by atoms with van der Waals surface area (Å²) in [7, 11) is 0. The van der Waals surface area contributed by atoms with Gasteiger partial charge in [-0.05, 0) is 32.1 Å². The largest absolute Gasteiger partial charge is 0.480 e. The lowest BCUT2D eigenvalue weighted by atomic mass is 10.00. The molecule has 0 fully saturated rings. The van der Waals surface area contributed by atoms with Crippen LogP contribution in [0.3, 0.4) is 0 Å². The van der Waals surface area contributed by atoms with Crippen LogP contribution in [0.15, 0.2) is 0 Å². The van der Waals surface area contributed by atoms with Gasteiger partial charge in [0.05, 0.1) is 6.04 Å². The third-order valence-electron chi connectivity index (χ3n) is 3.07. The SMILES string of the molecule is NC(CCC[C@H](N)C(=O)O)C(=O)CCCCCCCl. The fourth-order valence-corrected chi connectivity index (χ4v) is 1.96. The molecule has 2 atom stereocenters. The van der Waals surface area contributed by atoms with Gasteiger partial charge in [0.2, 0.25) is 0 Å². The van der Waals surface area contributed by atoms with Gasteiger partial charge in [-0.25, -0.2) is 0 Å². The van der Waals surface area contributed by atoms with Crippen molar-refractivity contribution < 1.29 is 14.7 Å². The number of carbonyl (C=O) groups is 2. The molecule has 0 heterocycles. The van der Waals surface area contributed by atoms with E-state index in [2.05, 4.69) is 0 Å². The highest BCUT2D eigenvalue weighted by Gasteiger charge is 2.15. The van der Waals surface area contributed by atoms with E-state index in [0.29, 0.717) is 31.6 Å². The lowest BCUT2D eigenvalue weighted by molar-refractivity contribution is -0.138. The Hall–Kier alpha value is -0.650. The first-order chi connectivity index (χ1) is 8.99. The lowest BCUT2D eigenvalue weighted by Crippen LogP contribution is -2.33. The Morgan fingerprint density at radius 2 is 1.53 bits per heavy atom. The lowest BCUT2D eigenvalue weighted by Gasteiger charge is -2.11. The molecule has 0 aliphatic rings. The highest BCUT2D eigenvalue weighted by Crippen LogP contribution is 2.08. The molecule has 0 spiro atoms. The van der Waals surface area contributed by atoms with Crippen molar-refractivity contribution in [1.82, 2.24) is 0 Å². The summed E-state index contributed by atoms with van der Waals surface area (Å²) in [4.78, 5) is 22.2. The second-order valence-electron chi connectivity index (χ2n) is 4.80. The summed E-state index contributed by atoms with van der Waals surface area (Å²) in [5.74, 6) is -0.300. The van der Waals surface area contributed by atoms with Gasteiger partial charge in [0.25, 0.3) is 0 Å². The van der Waals surface area contributed by atoms with Gasteiger partial charge >= 0.3 is 5.97 Å². The quantitative estimate of drug-likeness (QED) is 0.374. The van der Waals surface area contributed by atoms with Crippen molar-refractivity contribution in [3.8, 4) is 0 Å². The molecule has 5 nitrogen and oxygen atoms in total. The van der Waals surface area contributed by atoms with Crippen LogP contribution in [-0.4, -0.2) is 34.8 Å². The molecule has 0 bridgehead atoms. The second-order valence-corrected chi connectivity index (χ2v) is 5.18. The summed E-state index contributed by atoms with van der Waals surface area (Å²) in [5, 5.41) is 8.61. The van der Waals surface area contributed by atoms with Crippen LogP contribution < -0.4 is 11.5 Å². The molecular weight excluding hydrogens is 268 g/mol. The highest BCUT2D eigenvalue weighted by molar-refractivity contribution is 6.17. The minimum absolute atomic E-state index is 0.0507. The molecule has 0 aromatic heterocycles. The van der Waals surface area contributed by atoms with Crippen LogP contribution in [-0.2, 0) is 9.59 Å². The Balaban J connectivity index is 3.61. The standard InChI is InChI=1S/C13H25ClN2O3/c14-9-4-2-1-3-8-12(17)10(15)6-5-7-11(16)13(18)19/h10-11H,1-9,15-16H2,(H,18,19)/t10?,11-/m0/s1. The molecule has 0 aromatic rings. The number of carbonyl (C=O) groups excluding carboxylic acids is 1. The third-order valence-corrected chi connectivity index (χ3v) is 3.34. The van der Waals surface area contributed by atoms with E-state index in [4.69, 9.17) is 28.2 Å². The summed E-state index contributed by atoms with van der Waals surface area (Å²) in [6.07, 6.45) is 5.77. The van der Waals surface area contributed by atoms with Crippen molar-refractivity contribution in [3.05, 3.63) is 0 Å². The summed E-state index contributed by atoms with van der Waals surface area (Å²) in [6.45, 7) is 0. The maximum absolute atomic E-state index is 11.7. The van der Waals surface area contributed by atoms with E-state index in [-0.39, 0.29) is 5.78 Å². The van der Waals surface area contributed by atoms with Crippen LogP contribution in [0.4, 0.5) is 0 Å². The van der Waals surface area contributed by atoms with Crippen molar-refractivity contribution in [1.29, 1.82) is 0 Å². The Morgan fingerprint density at radius 3 is 2.11 bits per heavy atom. The minimum atomic E-state index is -1.01. The van der Waals surface area contributed by atoms with Crippen LogP contribution in [0, 0.1) is 0 Å². The van der Waals surface area contributed by atoms with Crippen LogP contribution in [0.1, 0.15) is 51.4 Å². The zero-order valence-corrected chi connectivity index (χ0v) is 12.1. The number of carboxylic acid groups (broad SMARTS) is 1. The number of hydrogen-bond donors (Lipinski definition) is 3. The van der Waals surface area contributed by atoms with E-state index in [0.717, 1.165) is 25.7 Å². The highest BCUT2D eigenvalue weighted by atomic mass is 35.5. The molecular formula is C13H25ClN2O3. The molecule has 5 N–H and O–H groups in total. The van der Waals surface area contributed by atoms with Gasteiger partial charge in [-0.1, -0.05) is 12.8 Å². The van der Waals surface area contributed by atoms with Crippen molar-refractivity contribution >= 4 is 23.4 Å². The molecule has 0 aliphatic heterocycles. The number of unbranched alkanes of at least 4 members (excludes halogenated alkanes) is 3. The summed E-state index contributed by atoms with van der Waals surface area (Å²) in [6, 6.07) is -1.35. The number of hydrogen-bond acceptors (Lipinski definition) is 4. The second kappa shape index (κ2) is 11.2. The average Bonchev–Trinajstić information content (AvgIpc) is 2.37. The van der Waals surface area contributed by atoms with E-state index in [1.54, 1.807) is 0 Å². The Kier molecular flexibility index (Phi) is 10.8. The van der Waals surface area contributed by atoms with Gasteiger partial charge in [-0.2, -0.15) is 0 Å². The van der Waals surface area contributed by atoms with E-state index >= 15 is 0 Å². The molecule has 6 heteroatoms. The van der Waals surface area contributed by atoms with Gasteiger partial charge in [0.1, 0.15) is 11.8 Å². The molecule has 0 saturated carbocycles. The maximum atomic E-state index is 11.7. The molecule has 112 valence electrons. The number of halogens is 1. The smallest absolute Gasteiger partial charge is 0.320 e. The van der Waals surface area contributed by atoms with Crippen LogP contribution >= 0.6 is 11.6 Å². The van der Waals surface area contributed by atoms with E-state index in [9.17, 15) is 9.59 Å². The first-order valence-electron chi connectivity index (χ1n) is 6.81. The number of alkyl halides is 1. The summed E-state index contributed by atoms with van der Waals surface area (Å²) >= 11 is 5.56. The normalized spacial score (nSPS) is 14.1. The van der Waals surface area contributed by atoms with Crippen molar-refractivity contribution in [2.24, 2.45) is 11.5 Å². The molecule has 0 amide bonds. The average molecular weight is 293 g/mol. The number of ketones is 1. The zero-order valence-electron chi connectivity index (χ0n) is 11.3. The minimum Gasteiger partial charge on any atom is -0.480 e. The fraction of sp³-hybridized carbons (Fsp3) is 0.846. The van der Waals surface area contributed by atoms with Crippen molar-refractivity contribution in [2.45, 2.75) is 63.5 Å². The number of rotatable bonds is 12. The van der Waals surface area contributed by atoms with Gasteiger partial charge in [-0.15, -0.1) is 11.6 Å². The molecule has 0 saturated heterocycles. The maximum Gasteiger partial charge on any atom is 0.320 e. The number of Topliss-reactive ketones (excluding diaryl/α,β-unsaturated/α-hetero) is 1. The van der Waals surface area contributed by atoms with Crippen molar-refractivity contribution in [3.63, 3.8) is 0 Å². The van der Waals surface area contributed by atoms with Crippen LogP contribution in [0.25, 0.3) is 0 Å².